The Morgan fingerprint density at radius 2 is 1.80 bits per heavy atom. The van der Waals surface area contributed by atoms with E-state index in [-0.39, 0.29) is 11.9 Å². The van der Waals surface area contributed by atoms with Crippen molar-refractivity contribution in [1.82, 2.24) is 0 Å². The van der Waals surface area contributed by atoms with Crippen LogP contribution < -0.4 is 4.74 Å². The van der Waals surface area contributed by atoms with Crippen LogP contribution in [0.1, 0.15) is 59.4 Å². The van der Waals surface area contributed by atoms with Crippen LogP contribution in [-0.2, 0) is 4.74 Å². The van der Waals surface area contributed by atoms with Gasteiger partial charge in [0.25, 0.3) is 0 Å². The number of rotatable bonds is 7. The number of allylic oxidation sites excluding steroid dienone is 1. The zero-order valence-corrected chi connectivity index (χ0v) is 13.5. The number of hydrogen-bond acceptors (Lipinski definition) is 2. The van der Waals surface area contributed by atoms with Gasteiger partial charge in [-0.15, -0.1) is 0 Å². The minimum absolute atomic E-state index is 0.189. The molecule has 0 fully saturated rings. The van der Waals surface area contributed by atoms with Gasteiger partial charge in [-0.1, -0.05) is 37.6 Å². The number of hydrogen-bond donors (Lipinski definition) is 0. The molecule has 1 aromatic rings. The molecule has 2 heteroatoms. The molecule has 20 heavy (non-hydrogen) atoms. The molecule has 1 atom stereocenters. The molecule has 0 amide bonds. The Kier molecular flexibility index (Phi) is 6.28. The van der Waals surface area contributed by atoms with Gasteiger partial charge in [-0.3, -0.25) is 0 Å². The molecule has 0 bridgehead atoms. The summed E-state index contributed by atoms with van der Waals surface area (Å²) in [5, 5.41) is 0. The summed E-state index contributed by atoms with van der Waals surface area (Å²) in [6, 6.07) is 8.03. The zero-order chi connectivity index (χ0) is 15.2. The van der Waals surface area contributed by atoms with E-state index in [0.29, 0.717) is 0 Å². The van der Waals surface area contributed by atoms with Gasteiger partial charge in [-0.25, -0.2) is 0 Å². The first kappa shape index (κ1) is 16.8. The summed E-state index contributed by atoms with van der Waals surface area (Å²) < 4.78 is 12.0. The summed E-state index contributed by atoms with van der Waals surface area (Å²) in [6.07, 6.45) is 2.97. The molecule has 1 rings (SSSR count). The fourth-order valence-electron chi connectivity index (χ4n) is 1.88. The van der Waals surface area contributed by atoms with Crippen LogP contribution in [0.25, 0.3) is 5.57 Å². The van der Waals surface area contributed by atoms with Crippen molar-refractivity contribution in [3.63, 3.8) is 0 Å². The minimum atomic E-state index is -0.198. The minimum Gasteiger partial charge on any atom is -0.465 e. The van der Waals surface area contributed by atoms with Gasteiger partial charge in [0, 0.05) is 6.42 Å². The summed E-state index contributed by atoms with van der Waals surface area (Å²) in [4.78, 5) is 0. The van der Waals surface area contributed by atoms with Gasteiger partial charge in [0.05, 0.1) is 5.60 Å². The van der Waals surface area contributed by atoms with Gasteiger partial charge < -0.3 is 9.47 Å². The molecule has 0 heterocycles. The average molecular weight is 276 g/mol. The smallest absolute Gasteiger partial charge is 0.200 e. The van der Waals surface area contributed by atoms with Crippen LogP contribution >= 0.6 is 0 Å². The lowest BCUT2D eigenvalue weighted by Crippen LogP contribution is -2.31. The van der Waals surface area contributed by atoms with Gasteiger partial charge in [0.15, 0.2) is 6.29 Å². The quantitative estimate of drug-likeness (QED) is 0.618. The highest BCUT2D eigenvalue weighted by molar-refractivity contribution is 5.61. The van der Waals surface area contributed by atoms with Crippen molar-refractivity contribution < 1.29 is 9.47 Å². The molecule has 0 N–H and O–H groups in total. The first-order valence-electron chi connectivity index (χ1n) is 7.42. The van der Waals surface area contributed by atoms with E-state index in [1.54, 1.807) is 0 Å². The molecule has 0 saturated carbocycles. The van der Waals surface area contributed by atoms with Crippen LogP contribution in [0.3, 0.4) is 0 Å². The van der Waals surface area contributed by atoms with E-state index < -0.39 is 0 Å². The fourth-order valence-corrected chi connectivity index (χ4v) is 1.88. The van der Waals surface area contributed by atoms with Gasteiger partial charge >= 0.3 is 0 Å². The third-order valence-electron chi connectivity index (χ3n) is 2.89. The lowest BCUT2D eigenvalue weighted by atomic mass is 10.1. The Balaban J connectivity index is 2.70. The summed E-state index contributed by atoms with van der Waals surface area (Å²) >= 11 is 0. The molecule has 0 aliphatic heterocycles. The molecule has 0 saturated heterocycles. The summed E-state index contributed by atoms with van der Waals surface area (Å²) in [7, 11) is 0. The highest BCUT2D eigenvalue weighted by atomic mass is 16.7. The molecule has 0 spiro atoms. The largest absolute Gasteiger partial charge is 0.465 e. The Morgan fingerprint density at radius 1 is 1.20 bits per heavy atom. The van der Waals surface area contributed by atoms with Crippen LogP contribution in [0.5, 0.6) is 5.75 Å². The number of benzene rings is 1. The molecule has 112 valence electrons. The molecule has 2 nitrogen and oxygen atoms in total. The van der Waals surface area contributed by atoms with Gasteiger partial charge in [0.1, 0.15) is 5.75 Å². The monoisotopic (exact) mass is 276 g/mol. The van der Waals surface area contributed by atoms with Crippen molar-refractivity contribution in [1.29, 1.82) is 0 Å². The highest BCUT2D eigenvalue weighted by Crippen LogP contribution is 2.22. The van der Waals surface area contributed by atoms with E-state index in [1.807, 2.05) is 31.2 Å². The molecular formula is C18H28O2. The molecule has 0 aliphatic rings. The Morgan fingerprint density at radius 3 is 2.25 bits per heavy atom. The van der Waals surface area contributed by atoms with Gasteiger partial charge in [0.2, 0.25) is 0 Å². The summed E-state index contributed by atoms with van der Waals surface area (Å²) in [6.45, 7) is 14.3. The summed E-state index contributed by atoms with van der Waals surface area (Å²) in [5.74, 6) is 0.848. The normalized spacial score (nSPS) is 13.1. The Bertz CT molecular complexity index is 412. The van der Waals surface area contributed by atoms with Crippen LogP contribution in [0.4, 0.5) is 0 Å². The van der Waals surface area contributed by atoms with Gasteiger partial charge in [-0.2, -0.15) is 0 Å². The number of ether oxygens (including phenoxy) is 2. The predicted octanol–water partition coefficient (Wildman–Crippen LogP) is 5.43. The second-order valence-electron chi connectivity index (χ2n) is 6.22. The number of unbranched alkanes of at least 4 members (excludes halogenated alkanes) is 1. The van der Waals surface area contributed by atoms with Crippen LogP contribution in [0.15, 0.2) is 30.8 Å². The van der Waals surface area contributed by atoms with E-state index >= 15 is 0 Å². The maximum absolute atomic E-state index is 5.98. The first-order chi connectivity index (χ1) is 9.31. The van der Waals surface area contributed by atoms with E-state index in [9.17, 15) is 0 Å². The Hall–Kier alpha value is -1.28. The third kappa shape index (κ3) is 6.25. The van der Waals surface area contributed by atoms with E-state index in [4.69, 9.17) is 9.47 Å². The van der Waals surface area contributed by atoms with Crippen molar-refractivity contribution in [3.8, 4) is 5.75 Å². The lowest BCUT2D eigenvalue weighted by Gasteiger charge is -2.28. The predicted molar refractivity (Wildman–Crippen MR) is 85.9 cm³/mol. The van der Waals surface area contributed by atoms with Crippen molar-refractivity contribution in [2.75, 3.05) is 0 Å². The van der Waals surface area contributed by atoms with Crippen molar-refractivity contribution >= 4 is 5.57 Å². The van der Waals surface area contributed by atoms with E-state index in [0.717, 1.165) is 36.1 Å². The second kappa shape index (κ2) is 7.49. The molecule has 0 aliphatic carbocycles. The second-order valence-corrected chi connectivity index (χ2v) is 6.22. The maximum atomic E-state index is 5.98. The molecule has 1 unspecified atom stereocenters. The topological polar surface area (TPSA) is 18.5 Å². The van der Waals surface area contributed by atoms with Crippen LogP contribution in [-0.4, -0.2) is 11.9 Å². The first-order valence-corrected chi connectivity index (χ1v) is 7.42. The van der Waals surface area contributed by atoms with Crippen LogP contribution in [0, 0.1) is 0 Å². The average Bonchev–Trinajstić information content (AvgIpc) is 2.35. The van der Waals surface area contributed by atoms with Crippen molar-refractivity contribution in [2.45, 2.75) is 65.8 Å². The molecule has 1 aromatic carbocycles. The lowest BCUT2D eigenvalue weighted by molar-refractivity contribution is -0.154. The zero-order valence-electron chi connectivity index (χ0n) is 13.5. The molecule has 0 radical (unpaired) electrons. The third-order valence-corrected chi connectivity index (χ3v) is 2.89. The highest BCUT2D eigenvalue weighted by Gasteiger charge is 2.19. The van der Waals surface area contributed by atoms with Crippen LogP contribution in [0.2, 0.25) is 0 Å². The molecule has 0 aromatic heterocycles. The van der Waals surface area contributed by atoms with Crippen molar-refractivity contribution in [2.24, 2.45) is 0 Å². The SMILES string of the molecule is C=C(C)c1ccc(OC(CCCC)OC(C)(C)C)cc1. The summed E-state index contributed by atoms with van der Waals surface area (Å²) in [5.41, 5.74) is 2.00. The standard InChI is InChI=1S/C18H28O2/c1-7-8-9-17(20-18(4,5)6)19-16-12-10-15(11-13-16)14(2)3/h10-13,17H,2,7-9H2,1,3-6H3. The maximum Gasteiger partial charge on any atom is 0.200 e. The van der Waals surface area contributed by atoms with Crippen molar-refractivity contribution in [3.05, 3.63) is 36.4 Å². The fraction of sp³-hybridized carbons (Fsp3) is 0.556. The van der Waals surface area contributed by atoms with E-state index in [2.05, 4.69) is 34.3 Å². The van der Waals surface area contributed by atoms with E-state index in [1.165, 1.54) is 0 Å². The molecular weight excluding hydrogens is 248 g/mol. The Labute approximate surface area is 123 Å². The van der Waals surface area contributed by atoms with Gasteiger partial charge in [-0.05, 0) is 51.8 Å².